The zero-order valence-electron chi connectivity index (χ0n) is 13.8. The Kier molecular flexibility index (Phi) is 9.89. The number of thiophene rings is 1. The van der Waals surface area contributed by atoms with E-state index in [4.69, 9.17) is 0 Å². The van der Waals surface area contributed by atoms with Crippen molar-refractivity contribution in [2.45, 2.75) is 53.4 Å². The van der Waals surface area contributed by atoms with E-state index in [-0.39, 0.29) is 5.92 Å². The standard InChI is InChI=1S/C9H10F2.C7H10S.C2H6/c1-6(2)8-4-3-7(10)5-9(8)11;1-6(2)7-4-3-5-8-7;1-2/h3-6H,1-2H3;3-6H,1-2H3;1-2H3. The molecular weight excluding hydrogens is 286 g/mol. The Labute approximate surface area is 131 Å². The molecule has 1 aromatic carbocycles. The van der Waals surface area contributed by atoms with E-state index >= 15 is 0 Å². The first-order valence-electron chi connectivity index (χ1n) is 7.40. The number of halogens is 2. The molecule has 0 aliphatic carbocycles. The van der Waals surface area contributed by atoms with Gasteiger partial charge in [-0.2, -0.15) is 0 Å². The van der Waals surface area contributed by atoms with E-state index in [1.165, 1.54) is 17.0 Å². The van der Waals surface area contributed by atoms with E-state index in [1.54, 1.807) is 0 Å². The highest BCUT2D eigenvalue weighted by Crippen LogP contribution is 2.19. The van der Waals surface area contributed by atoms with Gasteiger partial charge in [-0.3, -0.25) is 0 Å². The van der Waals surface area contributed by atoms with Gasteiger partial charge in [0.25, 0.3) is 0 Å². The molecule has 0 unspecified atom stereocenters. The van der Waals surface area contributed by atoms with Crippen molar-refractivity contribution in [2.75, 3.05) is 0 Å². The summed E-state index contributed by atoms with van der Waals surface area (Å²) < 4.78 is 25.2. The van der Waals surface area contributed by atoms with Crippen molar-refractivity contribution in [1.29, 1.82) is 0 Å². The number of hydrogen-bond donors (Lipinski definition) is 0. The first-order valence-corrected chi connectivity index (χ1v) is 8.28. The fourth-order valence-electron chi connectivity index (χ4n) is 1.59. The molecule has 2 rings (SSSR count). The van der Waals surface area contributed by atoms with Gasteiger partial charge in [-0.1, -0.05) is 53.7 Å². The van der Waals surface area contributed by atoms with Crippen LogP contribution in [0.15, 0.2) is 35.7 Å². The highest BCUT2D eigenvalue weighted by molar-refractivity contribution is 7.10. The lowest BCUT2D eigenvalue weighted by Gasteiger charge is -2.05. The molecular formula is C18H26F2S. The van der Waals surface area contributed by atoms with Gasteiger partial charge in [0.2, 0.25) is 0 Å². The van der Waals surface area contributed by atoms with Crippen LogP contribution in [0.1, 0.15) is 63.8 Å². The van der Waals surface area contributed by atoms with Gasteiger partial charge in [0.15, 0.2) is 0 Å². The fourth-order valence-corrected chi connectivity index (χ4v) is 2.33. The van der Waals surface area contributed by atoms with Crippen LogP contribution in [-0.2, 0) is 0 Å². The Balaban J connectivity index is 0.000000354. The summed E-state index contributed by atoms with van der Waals surface area (Å²) in [5.41, 5.74) is 0.561. The molecule has 118 valence electrons. The van der Waals surface area contributed by atoms with Crippen LogP contribution >= 0.6 is 11.3 Å². The summed E-state index contributed by atoms with van der Waals surface area (Å²) in [6, 6.07) is 7.94. The second-order valence-electron chi connectivity index (χ2n) is 4.99. The lowest BCUT2D eigenvalue weighted by Crippen LogP contribution is -1.92. The summed E-state index contributed by atoms with van der Waals surface area (Å²) in [5.74, 6) is -0.169. The maximum Gasteiger partial charge on any atom is 0.129 e. The lowest BCUT2D eigenvalue weighted by molar-refractivity contribution is 0.565. The van der Waals surface area contributed by atoms with E-state index in [9.17, 15) is 8.78 Å². The molecule has 0 atom stereocenters. The van der Waals surface area contributed by atoms with Crippen LogP contribution in [0.5, 0.6) is 0 Å². The van der Waals surface area contributed by atoms with E-state index in [2.05, 4.69) is 31.4 Å². The molecule has 3 heteroatoms. The van der Waals surface area contributed by atoms with Gasteiger partial charge >= 0.3 is 0 Å². The second-order valence-corrected chi connectivity index (χ2v) is 5.97. The molecule has 1 heterocycles. The van der Waals surface area contributed by atoms with Crippen molar-refractivity contribution in [2.24, 2.45) is 0 Å². The highest BCUT2D eigenvalue weighted by atomic mass is 32.1. The molecule has 1 aromatic heterocycles. The van der Waals surface area contributed by atoms with Crippen molar-refractivity contribution >= 4 is 11.3 Å². The van der Waals surface area contributed by atoms with E-state index in [1.807, 2.05) is 39.0 Å². The van der Waals surface area contributed by atoms with Crippen molar-refractivity contribution in [3.05, 3.63) is 57.8 Å². The summed E-state index contributed by atoms with van der Waals surface area (Å²) in [5, 5.41) is 2.12. The number of hydrogen-bond acceptors (Lipinski definition) is 1. The molecule has 2 aromatic rings. The van der Waals surface area contributed by atoms with Crippen molar-refractivity contribution in [1.82, 2.24) is 0 Å². The molecule has 0 spiro atoms. The second kappa shape index (κ2) is 10.5. The van der Waals surface area contributed by atoms with Gasteiger partial charge < -0.3 is 0 Å². The average molecular weight is 312 g/mol. The molecule has 0 saturated heterocycles. The Morgan fingerprint density at radius 2 is 1.52 bits per heavy atom. The fraction of sp³-hybridized carbons (Fsp3) is 0.444. The molecule has 0 amide bonds. The van der Waals surface area contributed by atoms with Crippen LogP contribution in [0.25, 0.3) is 0 Å². The molecule has 21 heavy (non-hydrogen) atoms. The minimum Gasteiger partial charge on any atom is -0.207 e. The summed E-state index contributed by atoms with van der Waals surface area (Å²) in [6.45, 7) is 12.2. The van der Waals surface area contributed by atoms with Crippen LogP contribution in [0.4, 0.5) is 8.78 Å². The van der Waals surface area contributed by atoms with Gasteiger partial charge in [0, 0.05) is 10.9 Å². The Morgan fingerprint density at radius 1 is 0.905 bits per heavy atom. The van der Waals surface area contributed by atoms with Crippen molar-refractivity contribution in [3.63, 3.8) is 0 Å². The third-order valence-corrected chi connectivity index (χ3v) is 3.87. The Morgan fingerprint density at radius 3 is 1.86 bits per heavy atom. The Hall–Kier alpha value is -1.22. The average Bonchev–Trinajstić information content (AvgIpc) is 2.95. The molecule has 0 fully saturated rings. The van der Waals surface area contributed by atoms with Crippen LogP contribution in [0.3, 0.4) is 0 Å². The molecule has 0 aliphatic heterocycles. The molecule has 0 N–H and O–H groups in total. The first kappa shape index (κ1) is 19.8. The largest absolute Gasteiger partial charge is 0.207 e. The van der Waals surface area contributed by atoms with E-state index in [0.29, 0.717) is 11.5 Å². The minimum absolute atomic E-state index is 0.107. The predicted octanol–water partition coefficient (Wildman–Crippen LogP) is 6.99. The lowest BCUT2D eigenvalue weighted by atomic mass is 10.0. The molecule has 0 nitrogen and oxygen atoms in total. The minimum atomic E-state index is -0.521. The van der Waals surface area contributed by atoms with Crippen LogP contribution in [-0.4, -0.2) is 0 Å². The third-order valence-electron chi connectivity index (χ3n) is 2.70. The molecule has 0 aliphatic rings. The van der Waals surface area contributed by atoms with Crippen molar-refractivity contribution < 1.29 is 8.78 Å². The maximum atomic E-state index is 12.9. The number of rotatable bonds is 2. The summed E-state index contributed by atoms with van der Waals surface area (Å²) in [6.07, 6.45) is 0. The predicted molar refractivity (Wildman–Crippen MR) is 90.2 cm³/mol. The third kappa shape index (κ3) is 7.37. The van der Waals surface area contributed by atoms with Gasteiger partial charge in [-0.15, -0.1) is 11.3 Å². The topological polar surface area (TPSA) is 0 Å². The molecule has 0 bridgehead atoms. The Bertz CT molecular complexity index is 488. The van der Waals surface area contributed by atoms with Gasteiger partial charge in [-0.05, 0) is 34.9 Å². The van der Waals surface area contributed by atoms with Crippen LogP contribution in [0.2, 0.25) is 0 Å². The summed E-state index contributed by atoms with van der Waals surface area (Å²) in [7, 11) is 0. The first-order chi connectivity index (χ1) is 9.91. The number of benzene rings is 1. The SMILES string of the molecule is CC.CC(C)c1ccc(F)cc1F.CC(C)c1cccs1. The van der Waals surface area contributed by atoms with E-state index in [0.717, 1.165) is 6.07 Å². The van der Waals surface area contributed by atoms with Gasteiger partial charge in [-0.25, -0.2) is 8.78 Å². The van der Waals surface area contributed by atoms with Crippen LogP contribution < -0.4 is 0 Å². The maximum absolute atomic E-state index is 12.9. The van der Waals surface area contributed by atoms with Crippen molar-refractivity contribution in [3.8, 4) is 0 Å². The normalized spacial score (nSPS) is 9.81. The zero-order valence-corrected chi connectivity index (χ0v) is 14.6. The van der Waals surface area contributed by atoms with Gasteiger partial charge in [0.05, 0.1) is 0 Å². The highest BCUT2D eigenvalue weighted by Gasteiger charge is 2.06. The zero-order chi connectivity index (χ0) is 16.4. The molecule has 0 saturated carbocycles. The smallest absolute Gasteiger partial charge is 0.129 e. The molecule has 0 radical (unpaired) electrons. The van der Waals surface area contributed by atoms with Gasteiger partial charge in [0.1, 0.15) is 11.6 Å². The quantitative estimate of drug-likeness (QED) is 0.560. The van der Waals surface area contributed by atoms with E-state index < -0.39 is 11.6 Å². The monoisotopic (exact) mass is 312 g/mol. The summed E-state index contributed by atoms with van der Waals surface area (Å²) >= 11 is 1.83. The summed E-state index contributed by atoms with van der Waals surface area (Å²) in [4.78, 5) is 1.48. The van der Waals surface area contributed by atoms with Crippen LogP contribution in [0, 0.1) is 11.6 Å².